The summed E-state index contributed by atoms with van der Waals surface area (Å²) in [7, 11) is 0. The molecule has 1 fully saturated rings. The molecule has 0 aromatic rings. The van der Waals surface area contributed by atoms with Gasteiger partial charge >= 0.3 is 5.97 Å². The Hall–Kier alpha value is -1.04. The number of carboxylic acids is 1. The Balaban J connectivity index is 2.63. The number of carbonyl (C=O) groups excluding carboxylic acids is 1. The fourth-order valence-electron chi connectivity index (χ4n) is 0.697. The van der Waals surface area contributed by atoms with Gasteiger partial charge in [0.1, 0.15) is 5.25 Å². The van der Waals surface area contributed by atoms with Crippen molar-refractivity contribution in [2.45, 2.75) is 11.7 Å². The Morgan fingerprint density at radius 1 is 1.82 bits per heavy atom. The van der Waals surface area contributed by atoms with Gasteiger partial charge in [0.2, 0.25) is 5.91 Å². The largest absolute Gasteiger partial charge is 0.480 e. The van der Waals surface area contributed by atoms with Crippen LogP contribution in [0.15, 0.2) is 0 Å². The molecule has 1 atom stereocenters. The van der Waals surface area contributed by atoms with Crippen LogP contribution in [0.25, 0.3) is 0 Å². The van der Waals surface area contributed by atoms with Crippen molar-refractivity contribution in [1.29, 1.82) is 5.41 Å². The summed E-state index contributed by atoms with van der Waals surface area (Å²) in [6.07, 6.45) is -0.0532. The van der Waals surface area contributed by atoms with Crippen molar-refractivity contribution in [2.75, 3.05) is 0 Å². The Bertz CT molecular complexity index is 212. The van der Waals surface area contributed by atoms with Crippen LogP contribution in [0.4, 0.5) is 0 Å². The molecule has 3 N–H and O–H groups in total. The average Bonchev–Trinajstić information content (AvgIpc) is 1.85. The summed E-state index contributed by atoms with van der Waals surface area (Å²) in [6, 6.07) is 0. The Kier molecular flexibility index (Phi) is 2.13. The smallest absolute Gasteiger partial charge is 0.317 e. The topological polar surface area (TPSA) is 90.3 Å². The molecule has 1 unspecified atom stereocenters. The van der Waals surface area contributed by atoms with Crippen LogP contribution in [-0.4, -0.2) is 27.4 Å². The Labute approximate surface area is 66.7 Å². The molecule has 0 saturated carbocycles. The number of aliphatic carboxylic acids is 1. The van der Waals surface area contributed by atoms with Crippen LogP contribution in [0, 0.1) is 5.41 Å². The van der Waals surface area contributed by atoms with Crippen molar-refractivity contribution >= 4 is 28.8 Å². The van der Waals surface area contributed by atoms with Crippen molar-refractivity contribution in [2.24, 2.45) is 0 Å². The molecule has 1 heterocycles. The van der Waals surface area contributed by atoms with Gasteiger partial charge in [-0.1, -0.05) is 11.8 Å². The molecule has 1 aliphatic heterocycles. The molecule has 60 valence electrons. The lowest BCUT2D eigenvalue weighted by atomic mass is 10.3. The molecular weight excluding hydrogens is 168 g/mol. The molecule has 0 bridgehead atoms. The van der Waals surface area contributed by atoms with E-state index in [1.54, 1.807) is 0 Å². The maximum Gasteiger partial charge on any atom is 0.317 e. The maximum atomic E-state index is 10.7. The van der Waals surface area contributed by atoms with Crippen molar-refractivity contribution in [3.05, 3.63) is 0 Å². The molecule has 0 aliphatic carbocycles. The molecule has 1 aliphatic rings. The minimum absolute atomic E-state index is 0.0532. The van der Waals surface area contributed by atoms with Gasteiger partial charge in [0.15, 0.2) is 5.17 Å². The minimum Gasteiger partial charge on any atom is -0.480 e. The Morgan fingerprint density at radius 3 is 2.91 bits per heavy atom. The van der Waals surface area contributed by atoms with E-state index < -0.39 is 17.1 Å². The lowest BCUT2D eigenvalue weighted by Gasteiger charge is -2.17. The number of amides is 1. The summed E-state index contributed by atoms with van der Waals surface area (Å²) in [4.78, 5) is 21.0. The van der Waals surface area contributed by atoms with Crippen molar-refractivity contribution in [3.63, 3.8) is 0 Å². The van der Waals surface area contributed by atoms with Gasteiger partial charge in [-0.15, -0.1) is 0 Å². The van der Waals surface area contributed by atoms with E-state index >= 15 is 0 Å². The van der Waals surface area contributed by atoms with Crippen LogP contribution >= 0.6 is 11.8 Å². The molecule has 5 nitrogen and oxygen atoms in total. The average molecular weight is 174 g/mol. The van der Waals surface area contributed by atoms with Crippen LogP contribution in [0.1, 0.15) is 6.42 Å². The molecule has 0 aromatic heterocycles. The highest BCUT2D eigenvalue weighted by Crippen LogP contribution is 2.19. The first-order valence-electron chi connectivity index (χ1n) is 2.87. The maximum absolute atomic E-state index is 10.7. The van der Waals surface area contributed by atoms with E-state index in [-0.39, 0.29) is 11.6 Å². The normalized spacial score (nSPS) is 24.5. The van der Waals surface area contributed by atoms with Gasteiger partial charge in [0, 0.05) is 6.42 Å². The quantitative estimate of drug-likeness (QED) is 0.505. The number of hydrogen-bond acceptors (Lipinski definition) is 4. The summed E-state index contributed by atoms with van der Waals surface area (Å²) >= 11 is 0.850. The predicted molar refractivity (Wildman–Crippen MR) is 39.5 cm³/mol. The molecule has 0 spiro atoms. The minimum atomic E-state index is -1.05. The summed E-state index contributed by atoms with van der Waals surface area (Å²) in [6.45, 7) is 0. The zero-order chi connectivity index (χ0) is 8.43. The number of nitrogens with one attached hydrogen (secondary N) is 2. The van der Waals surface area contributed by atoms with Crippen LogP contribution in [-0.2, 0) is 9.59 Å². The fraction of sp³-hybridized carbons (Fsp3) is 0.400. The zero-order valence-electron chi connectivity index (χ0n) is 5.46. The van der Waals surface area contributed by atoms with Crippen LogP contribution < -0.4 is 5.32 Å². The second-order valence-corrected chi connectivity index (χ2v) is 3.24. The molecule has 1 amide bonds. The lowest BCUT2D eigenvalue weighted by molar-refractivity contribution is -0.138. The van der Waals surface area contributed by atoms with Crippen molar-refractivity contribution in [1.82, 2.24) is 5.32 Å². The molecule has 1 rings (SSSR count). The second-order valence-electron chi connectivity index (χ2n) is 2.03. The SMILES string of the molecule is N=C1NC(=O)CC(C(=O)O)S1. The van der Waals surface area contributed by atoms with Gasteiger partial charge in [-0.05, 0) is 0 Å². The van der Waals surface area contributed by atoms with E-state index in [4.69, 9.17) is 10.5 Å². The highest BCUT2D eigenvalue weighted by Gasteiger charge is 2.28. The van der Waals surface area contributed by atoms with Gasteiger partial charge in [-0.3, -0.25) is 15.0 Å². The van der Waals surface area contributed by atoms with Crippen LogP contribution in [0.2, 0.25) is 0 Å². The standard InChI is InChI=1S/C5H6N2O3S/c6-5-7-3(8)1-2(11-5)4(9)10/h2H,1H2,(H,9,10)(H2,6,7,8). The monoisotopic (exact) mass is 174 g/mol. The predicted octanol–water partition coefficient (Wildman–Crippen LogP) is -0.373. The number of hydrogen-bond donors (Lipinski definition) is 3. The summed E-state index contributed by atoms with van der Waals surface area (Å²) in [5, 5.41) is 16.8. The Morgan fingerprint density at radius 2 is 2.45 bits per heavy atom. The van der Waals surface area contributed by atoms with Crippen molar-refractivity contribution < 1.29 is 14.7 Å². The van der Waals surface area contributed by atoms with E-state index in [0.717, 1.165) is 11.8 Å². The third kappa shape index (κ3) is 1.94. The number of carbonyl (C=O) groups is 2. The first kappa shape index (κ1) is 8.06. The molecule has 6 heteroatoms. The number of rotatable bonds is 1. The third-order valence-corrected chi connectivity index (χ3v) is 2.15. The highest BCUT2D eigenvalue weighted by molar-refractivity contribution is 8.15. The highest BCUT2D eigenvalue weighted by atomic mass is 32.2. The van der Waals surface area contributed by atoms with Gasteiger partial charge < -0.3 is 10.4 Å². The number of carboxylic acid groups (broad SMARTS) is 1. The van der Waals surface area contributed by atoms with Crippen LogP contribution in [0.3, 0.4) is 0 Å². The van der Waals surface area contributed by atoms with Crippen LogP contribution in [0.5, 0.6) is 0 Å². The lowest BCUT2D eigenvalue weighted by Crippen LogP contribution is -2.39. The van der Waals surface area contributed by atoms with Gasteiger partial charge in [0.25, 0.3) is 0 Å². The summed E-state index contributed by atoms with van der Waals surface area (Å²) < 4.78 is 0. The van der Waals surface area contributed by atoms with E-state index in [0.29, 0.717) is 0 Å². The number of thioether (sulfide) groups is 1. The van der Waals surface area contributed by atoms with E-state index in [1.165, 1.54) is 0 Å². The van der Waals surface area contributed by atoms with Gasteiger partial charge in [-0.2, -0.15) is 0 Å². The molecular formula is C5H6N2O3S. The first-order valence-corrected chi connectivity index (χ1v) is 3.75. The third-order valence-electron chi connectivity index (χ3n) is 1.16. The first-order chi connectivity index (χ1) is 5.09. The van der Waals surface area contributed by atoms with E-state index in [2.05, 4.69) is 5.32 Å². The summed E-state index contributed by atoms with van der Waals surface area (Å²) in [5.74, 6) is -1.45. The van der Waals surface area contributed by atoms with E-state index in [9.17, 15) is 9.59 Å². The van der Waals surface area contributed by atoms with Gasteiger partial charge in [-0.25, -0.2) is 0 Å². The number of amidine groups is 1. The van der Waals surface area contributed by atoms with Crippen molar-refractivity contribution in [3.8, 4) is 0 Å². The zero-order valence-corrected chi connectivity index (χ0v) is 6.27. The second kappa shape index (κ2) is 2.91. The summed E-state index contributed by atoms with van der Waals surface area (Å²) in [5.41, 5.74) is 0. The molecule has 11 heavy (non-hydrogen) atoms. The molecule has 0 aromatic carbocycles. The molecule has 0 radical (unpaired) electrons. The fourth-order valence-corrected chi connectivity index (χ4v) is 1.49. The molecule has 1 saturated heterocycles. The van der Waals surface area contributed by atoms with E-state index in [1.807, 2.05) is 0 Å². The van der Waals surface area contributed by atoms with Gasteiger partial charge in [0.05, 0.1) is 0 Å².